The van der Waals surface area contributed by atoms with E-state index in [4.69, 9.17) is 6.42 Å². The first-order chi connectivity index (χ1) is 8.79. The van der Waals surface area contributed by atoms with Gasteiger partial charge in [0.2, 0.25) is 0 Å². The summed E-state index contributed by atoms with van der Waals surface area (Å²) in [6.07, 6.45) is 12.6. The van der Waals surface area contributed by atoms with Crippen molar-refractivity contribution in [1.29, 1.82) is 0 Å². The number of aliphatic imine (C=N–C) groups is 1. The van der Waals surface area contributed by atoms with Crippen molar-refractivity contribution in [1.82, 2.24) is 5.01 Å². The summed E-state index contributed by atoms with van der Waals surface area (Å²) >= 11 is 1.61. The Morgan fingerprint density at radius 1 is 1.50 bits per heavy atom. The summed E-state index contributed by atoms with van der Waals surface area (Å²) in [6, 6.07) is 0. The average molecular weight is 263 g/mol. The first-order valence-corrected chi connectivity index (χ1v) is 7.70. The van der Waals surface area contributed by atoms with E-state index in [-0.39, 0.29) is 0 Å². The molecule has 2 aliphatic rings. The summed E-state index contributed by atoms with van der Waals surface area (Å²) < 4.78 is 0. The van der Waals surface area contributed by atoms with Gasteiger partial charge < -0.3 is 0 Å². The highest BCUT2D eigenvalue weighted by molar-refractivity contribution is 8.13. The lowest BCUT2D eigenvalue weighted by molar-refractivity contribution is 0.344. The highest BCUT2D eigenvalue weighted by atomic mass is 32.2. The van der Waals surface area contributed by atoms with Crippen molar-refractivity contribution >= 4 is 23.1 Å². The van der Waals surface area contributed by atoms with Gasteiger partial charge in [0.15, 0.2) is 5.17 Å². The van der Waals surface area contributed by atoms with E-state index in [1.54, 1.807) is 11.8 Å². The molecule has 0 spiro atoms. The first kappa shape index (κ1) is 13.5. The van der Waals surface area contributed by atoms with E-state index in [0.29, 0.717) is 11.7 Å². The summed E-state index contributed by atoms with van der Waals surface area (Å²) in [6.45, 7) is 4.08. The molecule has 98 valence electrons. The standard InChI is InChI=1S/C14H21N3S/c1-3-10-18-14-15-8-9-17(14)16-11-13-6-4-12(2)5-7-13/h1,11-13H,4-10H2,2H3/b16-11+. The number of hydrogen-bond donors (Lipinski definition) is 0. The summed E-state index contributed by atoms with van der Waals surface area (Å²) in [5, 5.41) is 7.57. The second kappa shape index (κ2) is 6.84. The number of amidine groups is 1. The molecule has 4 heteroatoms. The maximum absolute atomic E-state index is 5.27. The van der Waals surface area contributed by atoms with Crippen molar-refractivity contribution in [2.45, 2.75) is 32.6 Å². The van der Waals surface area contributed by atoms with Gasteiger partial charge in [-0.05, 0) is 24.7 Å². The summed E-state index contributed by atoms with van der Waals surface area (Å²) in [7, 11) is 0. The molecule has 1 aliphatic carbocycles. The fourth-order valence-corrected chi connectivity index (χ4v) is 3.04. The average Bonchev–Trinajstić information content (AvgIpc) is 2.83. The number of hydrazone groups is 1. The third kappa shape index (κ3) is 3.78. The highest BCUT2D eigenvalue weighted by Crippen LogP contribution is 2.27. The predicted octanol–water partition coefficient (Wildman–Crippen LogP) is 2.84. The number of terminal acetylenes is 1. The van der Waals surface area contributed by atoms with Crippen LogP contribution >= 0.6 is 11.8 Å². The van der Waals surface area contributed by atoms with Gasteiger partial charge in [0.1, 0.15) is 0 Å². The summed E-state index contributed by atoms with van der Waals surface area (Å²) in [4.78, 5) is 4.43. The van der Waals surface area contributed by atoms with Crippen molar-refractivity contribution in [3.05, 3.63) is 0 Å². The fraction of sp³-hybridized carbons (Fsp3) is 0.714. The molecular weight excluding hydrogens is 242 g/mol. The minimum atomic E-state index is 0.653. The van der Waals surface area contributed by atoms with Crippen LogP contribution in [-0.4, -0.2) is 35.2 Å². The van der Waals surface area contributed by atoms with Crippen LogP contribution in [0.5, 0.6) is 0 Å². The van der Waals surface area contributed by atoms with Crippen LogP contribution in [0.4, 0.5) is 0 Å². The molecule has 2 rings (SSSR count). The van der Waals surface area contributed by atoms with Crippen LogP contribution in [0.15, 0.2) is 10.1 Å². The third-order valence-corrected chi connectivity index (χ3v) is 4.45. The zero-order valence-corrected chi connectivity index (χ0v) is 11.8. The van der Waals surface area contributed by atoms with Crippen LogP contribution in [0.2, 0.25) is 0 Å². The maximum Gasteiger partial charge on any atom is 0.180 e. The molecule has 0 aromatic rings. The van der Waals surface area contributed by atoms with Gasteiger partial charge in [-0.2, -0.15) is 5.10 Å². The third-order valence-electron chi connectivity index (χ3n) is 3.54. The molecule has 0 atom stereocenters. The Morgan fingerprint density at radius 2 is 2.28 bits per heavy atom. The van der Waals surface area contributed by atoms with Gasteiger partial charge in [0.05, 0.1) is 18.8 Å². The van der Waals surface area contributed by atoms with Crippen molar-refractivity contribution in [3.63, 3.8) is 0 Å². The minimum absolute atomic E-state index is 0.653. The summed E-state index contributed by atoms with van der Waals surface area (Å²) in [5.41, 5.74) is 0. The molecule has 0 amide bonds. The minimum Gasteiger partial charge on any atom is -0.259 e. The van der Waals surface area contributed by atoms with Gasteiger partial charge >= 0.3 is 0 Å². The number of hydrogen-bond acceptors (Lipinski definition) is 4. The topological polar surface area (TPSA) is 28.0 Å². The normalized spacial score (nSPS) is 28.4. The lowest BCUT2D eigenvalue weighted by Gasteiger charge is -2.23. The molecule has 0 N–H and O–H groups in total. The Morgan fingerprint density at radius 3 is 3.00 bits per heavy atom. The zero-order valence-electron chi connectivity index (χ0n) is 11.0. The predicted molar refractivity (Wildman–Crippen MR) is 79.9 cm³/mol. The number of thioether (sulfide) groups is 1. The molecule has 1 aliphatic heterocycles. The fourth-order valence-electron chi connectivity index (χ4n) is 2.36. The number of rotatable bonds is 3. The molecule has 1 heterocycles. The molecular formula is C14H21N3S. The second-order valence-corrected chi connectivity index (χ2v) is 6.01. The smallest absolute Gasteiger partial charge is 0.180 e. The Bertz CT molecular complexity index is 362. The molecule has 3 nitrogen and oxygen atoms in total. The van der Waals surface area contributed by atoms with Gasteiger partial charge in [0.25, 0.3) is 0 Å². The van der Waals surface area contributed by atoms with Crippen molar-refractivity contribution in [2.24, 2.45) is 21.9 Å². The lowest BCUT2D eigenvalue weighted by Crippen LogP contribution is -2.22. The quantitative estimate of drug-likeness (QED) is 0.578. The molecule has 1 saturated carbocycles. The Labute approximate surface area is 114 Å². The Balaban J connectivity index is 1.82. The van der Waals surface area contributed by atoms with Crippen molar-refractivity contribution in [2.75, 3.05) is 18.8 Å². The van der Waals surface area contributed by atoms with E-state index < -0.39 is 0 Å². The van der Waals surface area contributed by atoms with Crippen LogP contribution in [-0.2, 0) is 0 Å². The SMILES string of the molecule is C#CCSC1=NCCN1/N=C/C1CCC(C)CC1. The van der Waals surface area contributed by atoms with Crippen LogP contribution in [0.1, 0.15) is 32.6 Å². The zero-order chi connectivity index (χ0) is 12.8. The van der Waals surface area contributed by atoms with E-state index in [0.717, 1.165) is 24.2 Å². The monoisotopic (exact) mass is 263 g/mol. The second-order valence-electron chi connectivity index (χ2n) is 5.06. The van der Waals surface area contributed by atoms with Gasteiger partial charge in [0, 0.05) is 6.21 Å². The van der Waals surface area contributed by atoms with E-state index >= 15 is 0 Å². The number of nitrogens with zero attached hydrogens (tertiary/aromatic N) is 3. The van der Waals surface area contributed by atoms with Crippen molar-refractivity contribution in [3.8, 4) is 12.3 Å². The molecule has 0 radical (unpaired) electrons. The van der Waals surface area contributed by atoms with Crippen LogP contribution < -0.4 is 0 Å². The lowest BCUT2D eigenvalue weighted by atomic mass is 9.84. The molecule has 0 aromatic carbocycles. The molecule has 1 fully saturated rings. The van der Waals surface area contributed by atoms with Crippen molar-refractivity contribution < 1.29 is 0 Å². The van der Waals surface area contributed by atoms with Crippen LogP contribution in [0.25, 0.3) is 0 Å². The van der Waals surface area contributed by atoms with E-state index in [2.05, 4.69) is 29.2 Å². The maximum atomic E-state index is 5.27. The van der Waals surface area contributed by atoms with E-state index in [9.17, 15) is 0 Å². The Hall–Kier alpha value is -0.950. The largest absolute Gasteiger partial charge is 0.259 e. The van der Waals surface area contributed by atoms with Gasteiger partial charge in [-0.15, -0.1) is 6.42 Å². The molecule has 0 bridgehead atoms. The Kier molecular flexibility index (Phi) is 5.12. The summed E-state index contributed by atoms with van der Waals surface area (Å²) in [5.74, 6) is 4.85. The highest BCUT2D eigenvalue weighted by Gasteiger charge is 2.19. The molecule has 0 saturated heterocycles. The molecule has 0 aromatic heterocycles. The van der Waals surface area contributed by atoms with Crippen LogP contribution in [0.3, 0.4) is 0 Å². The van der Waals surface area contributed by atoms with E-state index in [1.165, 1.54) is 25.7 Å². The van der Waals surface area contributed by atoms with Gasteiger partial charge in [-0.1, -0.05) is 37.4 Å². The van der Waals surface area contributed by atoms with Gasteiger partial charge in [-0.3, -0.25) is 4.99 Å². The van der Waals surface area contributed by atoms with E-state index in [1.807, 2.05) is 5.01 Å². The molecule has 0 unspecified atom stereocenters. The molecule has 18 heavy (non-hydrogen) atoms. The van der Waals surface area contributed by atoms with Gasteiger partial charge in [-0.25, -0.2) is 5.01 Å². The first-order valence-electron chi connectivity index (χ1n) is 6.72. The van der Waals surface area contributed by atoms with Crippen LogP contribution in [0, 0.1) is 24.2 Å².